The molecule has 0 saturated heterocycles. The van der Waals surface area contributed by atoms with Gasteiger partial charge in [0.15, 0.2) is 0 Å². The van der Waals surface area contributed by atoms with Crippen LogP contribution in [0.25, 0.3) is 0 Å². The smallest absolute Gasteiger partial charge is 0.251 e. The van der Waals surface area contributed by atoms with E-state index in [1.165, 1.54) is 12.8 Å². The summed E-state index contributed by atoms with van der Waals surface area (Å²) in [6.45, 7) is 4.27. The predicted octanol–water partition coefficient (Wildman–Crippen LogP) is 3.61. The number of rotatable bonds is 3. The van der Waals surface area contributed by atoms with E-state index in [0.29, 0.717) is 16.8 Å². The fourth-order valence-corrected chi connectivity index (χ4v) is 2.76. The molecule has 0 aliphatic heterocycles. The van der Waals surface area contributed by atoms with E-state index in [-0.39, 0.29) is 5.91 Å². The number of carbonyl (C=O) groups is 1. The van der Waals surface area contributed by atoms with Gasteiger partial charge in [0.25, 0.3) is 5.91 Å². The van der Waals surface area contributed by atoms with Crippen LogP contribution in [0.5, 0.6) is 0 Å². The molecule has 4 heteroatoms. The van der Waals surface area contributed by atoms with Crippen LogP contribution in [0.1, 0.15) is 55.6 Å². The lowest BCUT2D eigenvalue weighted by molar-refractivity contribution is 0.0923. The summed E-state index contributed by atoms with van der Waals surface area (Å²) in [6.07, 6.45) is 5.32. The number of hydrogen-bond acceptors (Lipinski definition) is 2. The van der Waals surface area contributed by atoms with Gasteiger partial charge in [-0.15, -0.1) is 0 Å². The quantitative estimate of drug-likeness (QED) is 0.860. The van der Waals surface area contributed by atoms with Crippen LogP contribution in [0.4, 0.5) is 0 Å². The van der Waals surface area contributed by atoms with Crippen molar-refractivity contribution in [3.8, 4) is 0 Å². The zero-order chi connectivity index (χ0) is 13.8. The Labute approximate surface area is 119 Å². The van der Waals surface area contributed by atoms with Gasteiger partial charge >= 0.3 is 0 Å². The fraction of sp³-hybridized carbons (Fsp3) is 0.600. The van der Waals surface area contributed by atoms with Crippen molar-refractivity contribution >= 4 is 17.5 Å². The second-order valence-corrected chi connectivity index (χ2v) is 5.84. The SMILES string of the molecule is CCc1cc(C(=O)NC2CCC(C)CC2)cc(Cl)n1. The number of aromatic nitrogens is 1. The van der Waals surface area contributed by atoms with Gasteiger partial charge in [0.2, 0.25) is 0 Å². The van der Waals surface area contributed by atoms with Crippen LogP contribution in [-0.2, 0) is 6.42 Å². The van der Waals surface area contributed by atoms with Crippen molar-refractivity contribution in [2.45, 2.75) is 52.0 Å². The standard InChI is InChI=1S/C15H21ClN2O/c1-3-12-8-11(9-14(16)17-12)15(19)18-13-6-4-10(2)5-7-13/h8-10,13H,3-7H2,1-2H3,(H,18,19). The van der Waals surface area contributed by atoms with Crippen LogP contribution in [0.3, 0.4) is 0 Å². The van der Waals surface area contributed by atoms with Gasteiger partial charge in [-0.1, -0.05) is 25.4 Å². The van der Waals surface area contributed by atoms with Gasteiger partial charge in [-0.25, -0.2) is 4.98 Å². The number of nitrogens with zero attached hydrogens (tertiary/aromatic N) is 1. The van der Waals surface area contributed by atoms with Crippen LogP contribution in [0.15, 0.2) is 12.1 Å². The first-order valence-electron chi connectivity index (χ1n) is 7.05. The van der Waals surface area contributed by atoms with E-state index in [2.05, 4.69) is 17.2 Å². The second-order valence-electron chi connectivity index (χ2n) is 5.45. The zero-order valence-electron chi connectivity index (χ0n) is 11.6. The number of aryl methyl sites for hydroxylation is 1. The van der Waals surface area contributed by atoms with Crippen molar-refractivity contribution in [3.63, 3.8) is 0 Å². The summed E-state index contributed by atoms with van der Waals surface area (Å²) >= 11 is 5.94. The summed E-state index contributed by atoms with van der Waals surface area (Å²) < 4.78 is 0. The van der Waals surface area contributed by atoms with E-state index >= 15 is 0 Å². The van der Waals surface area contributed by atoms with Gasteiger partial charge < -0.3 is 5.32 Å². The third-order valence-electron chi connectivity index (χ3n) is 3.82. The van der Waals surface area contributed by atoms with Crippen LogP contribution < -0.4 is 5.32 Å². The molecule has 0 spiro atoms. The molecule has 1 N–H and O–H groups in total. The molecule has 0 bridgehead atoms. The minimum Gasteiger partial charge on any atom is -0.349 e. The highest BCUT2D eigenvalue weighted by molar-refractivity contribution is 6.29. The van der Waals surface area contributed by atoms with Crippen molar-refractivity contribution in [2.24, 2.45) is 5.92 Å². The van der Waals surface area contributed by atoms with E-state index in [0.717, 1.165) is 30.9 Å². The summed E-state index contributed by atoms with van der Waals surface area (Å²) in [5, 5.41) is 3.50. The molecule has 1 aromatic rings. The molecule has 1 aliphatic rings. The molecular formula is C15H21ClN2O. The van der Waals surface area contributed by atoms with E-state index in [9.17, 15) is 4.79 Å². The number of pyridine rings is 1. The molecule has 1 aromatic heterocycles. The third kappa shape index (κ3) is 3.93. The molecule has 1 amide bonds. The van der Waals surface area contributed by atoms with Crippen LogP contribution in [0.2, 0.25) is 5.15 Å². The molecule has 0 atom stereocenters. The van der Waals surface area contributed by atoms with Crippen molar-refractivity contribution in [1.29, 1.82) is 0 Å². The lowest BCUT2D eigenvalue weighted by Crippen LogP contribution is -2.37. The first-order chi connectivity index (χ1) is 9.08. The number of nitrogens with one attached hydrogen (secondary N) is 1. The normalized spacial score (nSPS) is 23.1. The molecule has 0 aromatic carbocycles. The van der Waals surface area contributed by atoms with Gasteiger partial charge in [-0.05, 0) is 50.2 Å². The maximum atomic E-state index is 12.2. The number of amides is 1. The molecule has 3 nitrogen and oxygen atoms in total. The summed E-state index contributed by atoms with van der Waals surface area (Å²) in [5.41, 5.74) is 1.48. The third-order valence-corrected chi connectivity index (χ3v) is 4.02. The first-order valence-corrected chi connectivity index (χ1v) is 7.43. The molecule has 0 radical (unpaired) electrons. The molecule has 1 saturated carbocycles. The number of carbonyl (C=O) groups excluding carboxylic acids is 1. The molecule has 19 heavy (non-hydrogen) atoms. The van der Waals surface area contributed by atoms with Crippen LogP contribution in [-0.4, -0.2) is 16.9 Å². The van der Waals surface area contributed by atoms with Gasteiger partial charge in [0, 0.05) is 17.3 Å². The Bertz CT molecular complexity index is 453. The summed E-state index contributed by atoms with van der Waals surface area (Å²) in [7, 11) is 0. The highest BCUT2D eigenvalue weighted by Gasteiger charge is 2.20. The van der Waals surface area contributed by atoms with Crippen molar-refractivity contribution < 1.29 is 4.79 Å². The van der Waals surface area contributed by atoms with E-state index in [1.54, 1.807) is 6.07 Å². The summed E-state index contributed by atoms with van der Waals surface area (Å²) in [4.78, 5) is 16.4. The lowest BCUT2D eigenvalue weighted by atomic mass is 9.87. The minimum atomic E-state index is -0.0291. The first kappa shape index (κ1) is 14.3. The molecule has 2 rings (SSSR count). The summed E-state index contributed by atoms with van der Waals surface area (Å²) in [6, 6.07) is 3.77. The molecule has 1 fully saturated rings. The topological polar surface area (TPSA) is 42.0 Å². The highest BCUT2D eigenvalue weighted by Crippen LogP contribution is 2.23. The average molecular weight is 281 g/mol. The van der Waals surface area contributed by atoms with Crippen molar-refractivity contribution in [2.75, 3.05) is 0 Å². The Morgan fingerprint density at radius 1 is 1.37 bits per heavy atom. The Morgan fingerprint density at radius 3 is 2.68 bits per heavy atom. The highest BCUT2D eigenvalue weighted by atomic mass is 35.5. The van der Waals surface area contributed by atoms with Crippen LogP contribution >= 0.6 is 11.6 Å². The number of hydrogen-bond donors (Lipinski definition) is 1. The Hall–Kier alpha value is -1.09. The molecule has 0 unspecified atom stereocenters. The molecule has 104 valence electrons. The monoisotopic (exact) mass is 280 g/mol. The van der Waals surface area contributed by atoms with Gasteiger partial charge in [0.05, 0.1) is 0 Å². The average Bonchev–Trinajstić information content (AvgIpc) is 2.40. The second kappa shape index (κ2) is 6.38. The summed E-state index contributed by atoms with van der Waals surface area (Å²) in [5.74, 6) is 0.758. The predicted molar refractivity (Wildman–Crippen MR) is 77.5 cm³/mol. The Morgan fingerprint density at radius 2 is 2.05 bits per heavy atom. The Balaban J connectivity index is 2.01. The fourth-order valence-electron chi connectivity index (χ4n) is 2.54. The maximum Gasteiger partial charge on any atom is 0.251 e. The van der Waals surface area contributed by atoms with Gasteiger partial charge in [0.1, 0.15) is 5.15 Å². The van der Waals surface area contributed by atoms with E-state index in [4.69, 9.17) is 11.6 Å². The van der Waals surface area contributed by atoms with Crippen molar-refractivity contribution in [1.82, 2.24) is 10.3 Å². The van der Waals surface area contributed by atoms with Crippen LogP contribution in [0, 0.1) is 5.92 Å². The molecule has 1 heterocycles. The molecule has 1 aliphatic carbocycles. The van der Waals surface area contributed by atoms with Gasteiger partial charge in [-0.3, -0.25) is 4.79 Å². The van der Waals surface area contributed by atoms with Crippen molar-refractivity contribution in [3.05, 3.63) is 28.5 Å². The number of halogens is 1. The maximum absolute atomic E-state index is 12.2. The largest absolute Gasteiger partial charge is 0.349 e. The molecular weight excluding hydrogens is 260 g/mol. The van der Waals surface area contributed by atoms with E-state index < -0.39 is 0 Å². The minimum absolute atomic E-state index is 0.0291. The zero-order valence-corrected chi connectivity index (χ0v) is 12.3. The van der Waals surface area contributed by atoms with E-state index in [1.807, 2.05) is 13.0 Å². The lowest BCUT2D eigenvalue weighted by Gasteiger charge is -2.26. The Kier molecular flexibility index (Phi) is 4.81. The van der Waals surface area contributed by atoms with Gasteiger partial charge in [-0.2, -0.15) is 0 Å².